The molecule has 1 aliphatic heterocycles. The van der Waals surface area contributed by atoms with Crippen molar-refractivity contribution in [2.75, 3.05) is 58.3 Å². The molecule has 2 atom stereocenters. The number of nitrogens with zero attached hydrogens (tertiary/aromatic N) is 3. The zero-order chi connectivity index (χ0) is 22.2. The highest BCUT2D eigenvalue weighted by atomic mass is 32.1. The van der Waals surface area contributed by atoms with Crippen LogP contribution in [0.25, 0.3) is 0 Å². The van der Waals surface area contributed by atoms with E-state index < -0.39 is 11.8 Å². The highest BCUT2D eigenvalue weighted by Crippen LogP contribution is 2.30. The van der Waals surface area contributed by atoms with E-state index in [1.807, 2.05) is 38.1 Å². The summed E-state index contributed by atoms with van der Waals surface area (Å²) in [6.45, 7) is 6.77. The molecule has 0 saturated carbocycles. The first-order chi connectivity index (χ1) is 15.0. The van der Waals surface area contributed by atoms with Gasteiger partial charge in [0.1, 0.15) is 0 Å². The molecule has 31 heavy (non-hydrogen) atoms. The molecule has 0 spiro atoms. The summed E-state index contributed by atoms with van der Waals surface area (Å²) < 4.78 is 0. The van der Waals surface area contributed by atoms with E-state index in [2.05, 4.69) is 56.1 Å². The van der Waals surface area contributed by atoms with Crippen molar-refractivity contribution in [2.24, 2.45) is 0 Å². The third kappa shape index (κ3) is 6.53. The van der Waals surface area contributed by atoms with Crippen molar-refractivity contribution in [3.63, 3.8) is 0 Å². The summed E-state index contributed by atoms with van der Waals surface area (Å²) in [6, 6.07) is 14.5. The lowest BCUT2D eigenvalue weighted by atomic mass is 10.0. The number of rotatable bonds is 8. The van der Waals surface area contributed by atoms with Gasteiger partial charge in [-0.05, 0) is 44.6 Å². The molecule has 0 radical (unpaired) electrons. The van der Waals surface area contributed by atoms with Gasteiger partial charge in [-0.2, -0.15) is 0 Å². The molecular weight excluding hydrogens is 410 g/mol. The van der Waals surface area contributed by atoms with Gasteiger partial charge in [0.05, 0.1) is 6.04 Å². The van der Waals surface area contributed by atoms with Gasteiger partial charge in [0.2, 0.25) is 0 Å². The maximum absolute atomic E-state index is 12.5. The summed E-state index contributed by atoms with van der Waals surface area (Å²) in [6.07, 6.45) is 0. The Morgan fingerprint density at radius 2 is 1.74 bits per heavy atom. The summed E-state index contributed by atoms with van der Waals surface area (Å²) in [5.74, 6) is -1.15. The molecule has 1 aliphatic rings. The topological polar surface area (TPSA) is 67.9 Å². The zero-order valence-electron chi connectivity index (χ0n) is 18.6. The number of carbonyl (C=O) groups excluding carboxylic acids is 2. The number of thiophene rings is 1. The van der Waals surface area contributed by atoms with E-state index in [0.29, 0.717) is 13.1 Å². The van der Waals surface area contributed by atoms with Crippen LogP contribution < -0.4 is 15.5 Å². The molecule has 2 aromatic rings. The van der Waals surface area contributed by atoms with Crippen molar-refractivity contribution in [1.82, 2.24) is 20.4 Å². The fraction of sp³-hybridized carbons (Fsp3) is 0.478. The standard InChI is InChI=1S/C23H33N5O2S/c1-18(25-23(30)22(29)24-11-12-26(2)3)21(20-10-7-17-31-20)28-15-13-27(14-16-28)19-8-5-4-6-9-19/h4-10,17-18,21H,11-16H2,1-3H3,(H,24,29)(H,25,30)/t18-,21+/m0/s1. The number of piperazine rings is 1. The van der Waals surface area contributed by atoms with Gasteiger partial charge in [-0.1, -0.05) is 24.3 Å². The summed E-state index contributed by atoms with van der Waals surface area (Å²) in [4.78, 5) is 32.6. The van der Waals surface area contributed by atoms with E-state index in [-0.39, 0.29) is 12.1 Å². The Morgan fingerprint density at radius 1 is 1.03 bits per heavy atom. The molecule has 8 heteroatoms. The largest absolute Gasteiger partial charge is 0.369 e. The Kier molecular flexibility index (Phi) is 8.45. The van der Waals surface area contributed by atoms with Gasteiger partial charge in [-0.25, -0.2) is 0 Å². The minimum Gasteiger partial charge on any atom is -0.369 e. The van der Waals surface area contributed by atoms with Crippen LogP contribution in [0.5, 0.6) is 0 Å². The number of nitrogens with one attached hydrogen (secondary N) is 2. The second kappa shape index (κ2) is 11.3. The number of amides is 2. The Bertz CT molecular complexity index is 820. The summed E-state index contributed by atoms with van der Waals surface area (Å²) in [7, 11) is 3.86. The van der Waals surface area contributed by atoms with Crippen molar-refractivity contribution in [1.29, 1.82) is 0 Å². The Morgan fingerprint density at radius 3 is 2.35 bits per heavy atom. The smallest absolute Gasteiger partial charge is 0.309 e. The molecule has 1 fully saturated rings. The molecule has 7 nitrogen and oxygen atoms in total. The number of carbonyl (C=O) groups is 2. The second-order valence-electron chi connectivity index (χ2n) is 8.14. The number of likely N-dealkylation sites (N-methyl/N-ethyl adjacent to an activating group) is 1. The SMILES string of the molecule is C[C@H](NC(=O)C(=O)NCCN(C)C)[C@H](c1cccs1)N1CCN(c2ccccc2)CC1. The van der Waals surface area contributed by atoms with Crippen LogP contribution in [0.1, 0.15) is 17.8 Å². The maximum Gasteiger partial charge on any atom is 0.309 e. The normalized spacial score (nSPS) is 16.7. The van der Waals surface area contributed by atoms with Crippen LogP contribution in [0.3, 0.4) is 0 Å². The molecule has 3 rings (SSSR count). The van der Waals surface area contributed by atoms with Gasteiger partial charge in [0, 0.05) is 55.9 Å². The predicted molar refractivity (Wildman–Crippen MR) is 126 cm³/mol. The molecule has 168 valence electrons. The molecule has 0 aliphatic carbocycles. The summed E-state index contributed by atoms with van der Waals surface area (Å²) in [5, 5.41) is 7.68. The number of para-hydroxylation sites is 1. The van der Waals surface area contributed by atoms with Crippen LogP contribution in [0.4, 0.5) is 5.69 Å². The van der Waals surface area contributed by atoms with Crippen LogP contribution in [-0.2, 0) is 9.59 Å². The minimum atomic E-state index is -0.576. The van der Waals surface area contributed by atoms with Crippen molar-refractivity contribution >= 4 is 28.8 Å². The van der Waals surface area contributed by atoms with Crippen LogP contribution in [0, 0.1) is 0 Å². The zero-order valence-corrected chi connectivity index (χ0v) is 19.4. The molecule has 2 N–H and O–H groups in total. The molecule has 1 saturated heterocycles. The molecule has 2 heterocycles. The monoisotopic (exact) mass is 443 g/mol. The van der Waals surface area contributed by atoms with Crippen LogP contribution >= 0.6 is 11.3 Å². The van der Waals surface area contributed by atoms with E-state index in [4.69, 9.17) is 0 Å². The molecule has 0 bridgehead atoms. The van der Waals surface area contributed by atoms with Crippen LogP contribution in [-0.4, -0.2) is 81.0 Å². The van der Waals surface area contributed by atoms with Crippen LogP contribution in [0.2, 0.25) is 0 Å². The third-order valence-corrected chi connectivity index (χ3v) is 6.49. The molecule has 0 unspecified atom stereocenters. The third-order valence-electron chi connectivity index (χ3n) is 5.55. The molecular formula is C23H33N5O2S. The first kappa shape index (κ1) is 23.2. The lowest BCUT2D eigenvalue weighted by Gasteiger charge is -2.42. The fourth-order valence-corrected chi connectivity index (χ4v) is 4.89. The average molecular weight is 444 g/mol. The summed E-state index contributed by atoms with van der Waals surface area (Å²) in [5.41, 5.74) is 1.24. The minimum absolute atomic E-state index is 0.0384. The average Bonchev–Trinajstić information content (AvgIpc) is 3.29. The molecule has 1 aromatic carbocycles. The maximum atomic E-state index is 12.5. The molecule has 1 aromatic heterocycles. The Labute approximate surface area is 189 Å². The second-order valence-corrected chi connectivity index (χ2v) is 9.12. The van der Waals surface area contributed by atoms with E-state index in [1.165, 1.54) is 10.6 Å². The fourth-order valence-electron chi connectivity index (χ4n) is 3.92. The van der Waals surface area contributed by atoms with Gasteiger partial charge < -0.3 is 20.4 Å². The first-order valence-electron chi connectivity index (χ1n) is 10.8. The van der Waals surface area contributed by atoms with Crippen molar-refractivity contribution in [3.05, 3.63) is 52.7 Å². The van der Waals surface area contributed by atoms with Crippen LogP contribution in [0.15, 0.2) is 47.8 Å². The van der Waals surface area contributed by atoms with Crippen molar-refractivity contribution < 1.29 is 9.59 Å². The van der Waals surface area contributed by atoms with E-state index in [1.54, 1.807) is 11.3 Å². The number of benzene rings is 1. The van der Waals surface area contributed by atoms with E-state index in [0.717, 1.165) is 26.2 Å². The predicted octanol–water partition coefficient (Wildman–Crippen LogP) is 1.79. The lowest BCUT2D eigenvalue weighted by Crippen LogP contribution is -2.54. The highest BCUT2D eigenvalue weighted by Gasteiger charge is 2.31. The van der Waals surface area contributed by atoms with Gasteiger partial charge in [0.15, 0.2) is 0 Å². The van der Waals surface area contributed by atoms with E-state index >= 15 is 0 Å². The number of hydrogen-bond donors (Lipinski definition) is 2. The summed E-state index contributed by atoms with van der Waals surface area (Å²) >= 11 is 1.69. The lowest BCUT2D eigenvalue weighted by molar-refractivity contribution is -0.139. The highest BCUT2D eigenvalue weighted by molar-refractivity contribution is 7.10. The first-order valence-corrected chi connectivity index (χ1v) is 11.6. The van der Waals surface area contributed by atoms with Crippen molar-refractivity contribution in [2.45, 2.75) is 19.0 Å². The quantitative estimate of drug-likeness (QED) is 0.609. The molecule has 2 amide bonds. The number of anilines is 1. The van der Waals surface area contributed by atoms with Crippen molar-refractivity contribution in [3.8, 4) is 0 Å². The Balaban J connectivity index is 1.61. The van der Waals surface area contributed by atoms with Gasteiger partial charge in [-0.15, -0.1) is 11.3 Å². The van der Waals surface area contributed by atoms with Gasteiger partial charge >= 0.3 is 11.8 Å². The van der Waals surface area contributed by atoms with Gasteiger partial charge in [-0.3, -0.25) is 14.5 Å². The Hall–Kier alpha value is -2.42. The number of hydrogen-bond acceptors (Lipinski definition) is 6. The van der Waals surface area contributed by atoms with Gasteiger partial charge in [0.25, 0.3) is 0 Å². The van der Waals surface area contributed by atoms with E-state index in [9.17, 15) is 9.59 Å².